The first-order chi connectivity index (χ1) is 9.72. The Hall–Kier alpha value is -1.26. The lowest BCUT2D eigenvalue weighted by Crippen LogP contribution is -2.47. The first kappa shape index (κ1) is 13.7. The van der Waals surface area contributed by atoms with Gasteiger partial charge in [-0.1, -0.05) is 12.1 Å². The van der Waals surface area contributed by atoms with E-state index in [-0.39, 0.29) is 6.10 Å². The molecule has 20 heavy (non-hydrogen) atoms. The second kappa shape index (κ2) is 6.02. The highest BCUT2D eigenvalue weighted by Crippen LogP contribution is 2.28. The van der Waals surface area contributed by atoms with Gasteiger partial charge in [-0.25, -0.2) is 0 Å². The number of piperidine rings is 1. The third-order valence-electron chi connectivity index (χ3n) is 4.50. The van der Waals surface area contributed by atoms with Gasteiger partial charge in [0.25, 0.3) is 0 Å². The van der Waals surface area contributed by atoms with Crippen LogP contribution in [0.25, 0.3) is 0 Å². The summed E-state index contributed by atoms with van der Waals surface area (Å²) in [6.07, 6.45) is 2.78. The highest BCUT2D eigenvalue weighted by Gasteiger charge is 2.25. The van der Waals surface area contributed by atoms with Crippen LogP contribution < -0.4 is 10.1 Å². The summed E-state index contributed by atoms with van der Waals surface area (Å²) in [5.41, 5.74) is 1.12. The van der Waals surface area contributed by atoms with Gasteiger partial charge in [-0.05, 0) is 52.2 Å². The molecular formula is C16H25N3O. The molecule has 0 aliphatic carbocycles. The second-order valence-electron chi connectivity index (χ2n) is 6.09. The van der Waals surface area contributed by atoms with E-state index < -0.39 is 0 Å². The highest BCUT2D eigenvalue weighted by atomic mass is 16.5. The van der Waals surface area contributed by atoms with Crippen LogP contribution in [0.5, 0.6) is 5.75 Å². The van der Waals surface area contributed by atoms with E-state index in [9.17, 15) is 0 Å². The lowest BCUT2D eigenvalue weighted by Gasteiger charge is -2.37. The molecule has 2 aliphatic rings. The summed E-state index contributed by atoms with van der Waals surface area (Å²) in [6, 6.07) is 8.90. The lowest BCUT2D eigenvalue weighted by molar-refractivity contribution is 0.0935. The van der Waals surface area contributed by atoms with E-state index in [1.54, 1.807) is 0 Å². The first-order valence-corrected chi connectivity index (χ1v) is 7.61. The van der Waals surface area contributed by atoms with Crippen molar-refractivity contribution in [2.75, 3.05) is 45.6 Å². The maximum atomic E-state index is 6.10. The van der Waals surface area contributed by atoms with E-state index >= 15 is 0 Å². The molecule has 1 fully saturated rings. The third-order valence-corrected chi connectivity index (χ3v) is 4.50. The number of para-hydroxylation sites is 2. The van der Waals surface area contributed by atoms with Crippen molar-refractivity contribution in [1.82, 2.24) is 9.80 Å². The fourth-order valence-electron chi connectivity index (χ4n) is 3.17. The number of nitrogens with zero attached hydrogens (tertiary/aromatic N) is 2. The summed E-state index contributed by atoms with van der Waals surface area (Å²) in [7, 11) is 4.45. The molecular weight excluding hydrogens is 250 g/mol. The summed E-state index contributed by atoms with van der Waals surface area (Å²) < 4.78 is 6.10. The minimum Gasteiger partial charge on any atom is -0.485 e. The van der Waals surface area contributed by atoms with Crippen LogP contribution in [-0.4, -0.2) is 62.2 Å². The molecule has 2 aliphatic heterocycles. The van der Waals surface area contributed by atoms with Gasteiger partial charge < -0.3 is 15.0 Å². The Labute approximate surface area is 121 Å². The molecule has 3 rings (SSSR count). The molecule has 0 spiro atoms. The van der Waals surface area contributed by atoms with Gasteiger partial charge in [0.2, 0.25) is 0 Å². The maximum Gasteiger partial charge on any atom is 0.142 e. The molecule has 4 heteroatoms. The molecule has 1 aromatic carbocycles. The maximum absolute atomic E-state index is 6.10. The monoisotopic (exact) mass is 275 g/mol. The van der Waals surface area contributed by atoms with E-state index in [0.717, 1.165) is 24.5 Å². The Balaban J connectivity index is 1.54. The summed E-state index contributed by atoms with van der Waals surface area (Å²) in [5.74, 6) is 0.987. The quantitative estimate of drug-likeness (QED) is 0.911. The van der Waals surface area contributed by atoms with Crippen LogP contribution in [0.2, 0.25) is 0 Å². The number of ether oxygens (including phenoxy) is 1. The zero-order valence-corrected chi connectivity index (χ0v) is 12.5. The Bertz CT molecular complexity index is 443. The molecule has 110 valence electrons. The Morgan fingerprint density at radius 3 is 2.85 bits per heavy atom. The fraction of sp³-hybridized carbons (Fsp3) is 0.625. The van der Waals surface area contributed by atoms with E-state index in [0.29, 0.717) is 6.04 Å². The van der Waals surface area contributed by atoms with Gasteiger partial charge in [-0.15, -0.1) is 0 Å². The average Bonchev–Trinajstić information content (AvgIpc) is 2.48. The topological polar surface area (TPSA) is 27.7 Å². The van der Waals surface area contributed by atoms with Crippen molar-refractivity contribution in [3.63, 3.8) is 0 Å². The van der Waals surface area contributed by atoms with Crippen LogP contribution >= 0.6 is 0 Å². The molecule has 0 aromatic heterocycles. The SMILES string of the molecule is CN1CCC(N(C)CC2CNc3ccccc3O2)CC1. The number of likely N-dealkylation sites (tertiary alicyclic amines) is 1. The molecule has 2 heterocycles. The molecule has 1 unspecified atom stereocenters. The number of likely N-dealkylation sites (N-methyl/N-ethyl adjacent to an activating group) is 1. The van der Waals surface area contributed by atoms with Crippen molar-refractivity contribution in [3.05, 3.63) is 24.3 Å². The highest BCUT2D eigenvalue weighted by molar-refractivity contribution is 5.57. The zero-order chi connectivity index (χ0) is 13.9. The van der Waals surface area contributed by atoms with Crippen LogP contribution in [0, 0.1) is 0 Å². The van der Waals surface area contributed by atoms with E-state index in [4.69, 9.17) is 4.74 Å². The van der Waals surface area contributed by atoms with E-state index in [2.05, 4.69) is 35.3 Å². The molecule has 0 saturated carbocycles. The van der Waals surface area contributed by atoms with Gasteiger partial charge in [0.15, 0.2) is 0 Å². The van der Waals surface area contributed by atoms with Crippen LogP contribution in [-0.2, 0) is 0 Å². The third kappa shape index (κ3) is 3.07. The van der Waals surface area contributed by atoms with Crippen molar-refractivity contribution in [2.24, 2.45) is 0 Å². The van der Waals surface area contributed by atoms with Crippen molar-refractivity contribution in [3.8, 4) is 5.75 Å². The van der Waals surface area contributed by atoms with Crippen molar-refractivity contribution < 1.29 is 4.74 Å². The summed E-state index contributed by atoms with van der Waals surface area (Å²) >= 11 is 0. The molecule has 1 N–H and O–H groups in total. The number of hydrogen-bond donors (Lipinski definition) is 1. The molecule has 0 bridgehead atoms. The van der Waals surface area contributed by atoms with Gasteiger partial charge >= 0.3 is 0 Å². The Kier molecular flexibility index (Phi) is 4.13. The van der Waals surface area contributed by atoms with Crippen LogP contribution in [0.1, 0.15) is 12.8 Å². The Morgan fingerprint density at radius 1 is 1.30 bits per heavy atom. The van der Waals surface area contributed by atoms with Crippen molar-refractivity contribution in [2.45, 2.75) is 25.0 Å². The van der Waals surface area contributed by atoms with Gasteiger partial charge in [-0.3, -0.25) is 4.90 Å². The number of fused-ring (bicyclic) bond motifs is 1. The van der Waals surface area contributed by atoms with Crippen LogP contribution in [0.4, 0.5) is 5.69 Å². The summed E-state index contributed by atoms with van der Waals surface area (Å²) in [5, 5.41) is 3.47. The fourth-order valence-corrected chi connectivity index (χ4v) is 3.17. The smallest absolute Gasteiger partial charge is 0.142 e. The standard InChI is InChI=1S/C16H25N3O/c1-18-9-7-13(8-10-18)19(2)12-14-11-17-15-5-3-4-6-16(15)20-14/h3-6,13-14,17H,7-12H2,1-2H3. The largest absolute Gasteiger partial charge is 0.485 e. The minimum absolute atomic E-state index is 0.245. The van der Waals surface area contributed by atoms with E-state index in [1.807, 2.05) is 18.2 Å². The lowest BCUT2D eigenvalue weighted by atomic mass is 10.0. The van der Waals surface area contributed by atoms with Gasteiger partial charge in [-0.2, -0.15) is 0 Å². The van der Waals surface area contributed by atoms with Gasteiger partial charge in [0.05, 0.1) is 12.2 Å². The van der Waals surface area contributed by atoms with Crippen LogP contribution in [0.15, 0.2) is 24.3 Å². The number of benzene rings is 1. The normalized spacial score (nSPS) is 24.1. The number of hydrogen-bond acceptors (Lipinski definition) is 4. The number of rotatable bonds is 3. The molecule has 4 nitrogen and oxygen atoms in total. The summed E-state index contributed by atoms with van der Waals surface area (Å²) in [4.78, 5) is 4.90. The van der Waals surface area contributed by atoms with Gasteiger partial charge in [0.1, 0.15) is 11.9 Å². The molecule has 1 saturated heterocycles. The minimum atomic E-state index is 0.245. The molecule has 0 radical (unpaired) electrons. The molecule has 0 amide bonds. The summed E-state index contributed by atoms with van der Waals surface area (Å²) in [6.45, 7) is 4.31. The molecule has 1 aromatic rings. The zero-order valence-electron chi connectivity index (χ0n) is 12.5. The molecule has 1 atom stereocenters. The number of nitrogens with one attached hydrogen (secondary N) is 1. The van der Waals surface area contributed by atoms with Crippen molar-refractivity contribution in [1.29, 1.82) is 0 Å². The first-order valence-electron chi connectivity index (χ1n) is 7.61. The predicted octanol–water partition coefficient (Wildman–Crippen LogP) is 1.89. The van der Waals surface area contributed by atoms with E-state index in [1.165, 1.54) is 25.9 Å². The number of anilines is 1. The van der Waals surface area contributed by atoms with Gasteiger partial charge in [0, 0.05) is 12.6 Å². The Morgan fingerprint density at radius 2 is 2.05 bits per heavy atom. The average molecular weight is 275 g/mol. The predicted molar refractivity (Wildman–Crippen MR) is 82.5 cm³/mol. The second-order valence-corrected chi connectivity index (χ2v) is 6.09. The van der Waals surface area contributed by atoms with Crippen LogP contribution in [0.3, 0.4) is 0 Å². The van der Waals surface area contributed by atoms with Crippen molar-refractivity contribution >= 4 is 5.69 Å².